The van der Waals surface area contributed by atoms with Crippen LogP contribution in [0, 0.1) is 12.7 Å². The molecular formula is C31H30ClFLiNO5S. The molecule has 4 rings (SSSR count). The molecule has 10 heteroatoms. The molecule has 0 saturated heterocycles. The fraction of sp³-hybridized carbons (Fsp3) is 0.226. The Morgan fingerprint density at radius 3 is 2.51 bits per heavy atom. The Balaban J connectivity index is 0.00000308. The molecule has 4 aromatic rings. The first-order chi connectivity index (χ1) is 19.2. The zero-order valence-corrected chi connectivity index (χ0v) is 24.8. The predicted octanol–water partition coefficient (Wildman–Crippen LogP) is 4.50. The number of halogens is 2. The summed E-state index contributed by atoms with van der Waals surface area (Å²) in [7, 11) is 1.55. The Morgan fingerprint density at radius 2 is 1.85 bits per heavy atom. The van der Waals surface area contributed by atoms with Gasteiger partial charge in [-0.2, -0.15) is 11.8 Å². The minimum absolute atomic E-state index is 0. The number of furan rings is 1. The monoisotopic (exact) mass is 589 g/mol. The zero-order valence-electron chi connectivity index (χ0n) is 24.2. The minimum atomic E-state index is -1.08. The molecule has 1 heterocycles. The molecule has 1 amide bonds. The van der Waals surface area contributed by atoms with Gasteiger partial charge in [-0.05, 0) is 90.1 Å². The molecule has 2 unspecified atom stereocenters. The van der Waals surface area contributed by atoms with Gasteiger partial charge in [-0.15, -0.1) is 0 Å². The van der Waals surface area contributed by atoms with Crippen molar-refractivity contribution in [2.45, 2.75) is 25.5 Å². The molecule has 0 fully saturated rings. The molecule has 0 saturated carbocycles. The standard InChI is InChI=1S/C31H29ClFNO5S.Li.H/c1-18-6-4-5-7-21(18)23-16-20(8-10-22(23)30(35)34-26(31(36)37)14-15-40-3)29(38-2)28-13-12-27(39-28)19-9-11-25(33)24(32)17-19;;/h4-13,16-17,26,29H,14-15H2,1-3H3,(H,34,35)(H,36,37);;/q;+1;-1. The smallest absolute Gasteiger partial charge is 1.00 e. The Morgan fingerprint density at radius 1 is 1.10 bits per heavy atom. The quantitative estimate of drug-likeness (QED) is 0.251. The first-order valence-electron chi connectivity index (χ1n) is 12.5. The van der Waals surface area contributed by atoms with Gasteiger partial charge in [0.15, 0.2) is 0 Å². The number of rotatable bonds is 11. The number of hydrogen-bond donors (Lipinski definition) is 2. The summed E-state index contributed by atoms with van der Waals surface area (Å²) in [6.45, 7) is 1.95. The molecule has 0 aliphatic rings. The molecule has 2 N–H and O–H groups in total. The fourth-order valence-electron chi connectivity index (χ4n) is 4.46. The zero-order chi connectivity index (χ0) is 28.8. The third-order valence-electron chi connectivity index (χ3n) is 6.57. The fourth-order valence-corrected chi connectivity index (χ4v) is 5.12. The largest absolute Gasteiger partial charge is 1.00 e. The van der Waals surface area contributed by atoms with Gasteiger partial charge in [0.1, 0.15) is 29.5 Å². The van der Waals surface area contributed by atoms with Crippen LogP contribution >= 0.6 is 23.4 Å². The van der Waals surface area contributed by atoms with Gasteiger partial charge in [0.05, 0.1) is 5.02 Å². The number of hydrogen-bond acceptors (Lipinski definition) is 5. The number of aliphatic carboxylic acids is 1. The van der Waals surface area contributed by atoms with Gasteiger partial charge in [0.2, 0.25) is 0 Å². The van der Waals surface area contributed by atoms with Crippen molar-refractivity contribution in [1.29, 1.82) is 0 Å². The second-order valence-corrected chi connectivity index (χ2v) is 10.6. The van der Waals surface area contributed by atoms with E-state index in [4.69, 9.17) is 20.8 Å². The molecule has 41 heavy (non-hydrogen) atoms. The van der Waals surface area contributed by atoms with Gasteiger partial charge >= 0.3 is 24.8 Å². The van der Waals surface area contributed by atoms with E-state index in [1.54, 1.807) is 37.4 Å². The normalized spacial score (nSPS) is 12.3. The van der Waals surface area contributed by atoms with Gasteiger partial charge in [0, 0.05) is 18.2 Å². The molecule has 6 nitrogen and oxygen atoms in total. The molecule has 0 spiro atoms. The van der Waals surface area contributed by atoms with Crippen LogP contribution in [0.15, 0.2) is 77.2 Å². The molecule has 0 bridgehead atoms. The second-order valence-electron chi connectivity index (χ2n) is 9.21. The molecule has 1 aromatic heterocycles. The van der Waals surface area contributed by atoms with Gasteiger partial charge in [-0.25, -0.2) is 9.18 Å². The predicted molar refractivity (Wildman–Crippen MR) is 158 cm³/mol. The average molecular weight is 590 g/mol. The number of carbonyl (C=O) groups is 2. The summed E-state index contributed by atoms with van der Waals surface area (Å²) in [6, 6.07) is 19.8. The molecular weight excluding hydrogens is 560 g/mol. The van der Waals surface area contributed by atoms with E-state index in [2.05, 4.69) is 5.32 Å². The summed E-state index contributed by atoms with van der Waals surface area (Å²) in [5, 5.41) is 12.3. The van der Waals surface area contributed by atoms with Crippen LogP contribution in [0.1, 0.15) is 41.2 Å². The molecule has 210 valence electrons. The summed E-state index contributed by atoms with van der Waals surface area (Å²) >= 11 is 7.47. The van der Waals surface area contributed by atoms with Crippen LogP contribution in [0.4, 0.5) is 4.39 Å². The number of ether oxygens (including phenoxy) is 1. The summed E-state index contributed by atoms with van der Waals surface area (Å²) in [4.78, 5) is 25.2. The third-order valence-corrected chi connectivity index (χ3v) is 7.50. The van der Waals surface area contributed by atoms with Crippen molar-refractivity contribution >= 4 is 35.2 Å². The van der Waals surface area contributed by atoms with Gasteiger partial charge in [-0.1, -0.05) is 41.9 Å². The number of carboxylic acids is 1. The third kappa shape index (κ3) is 7.65. The van der Waals surface area contributed by atoms with Gasteiger partial charge in [0.25, 0.3) is 5.91 Å². The average Bonchev–Trinajstić information content (AvgIpc) is 3.42. The summed E-state index contributed by atoms with van der Waals surface area (Å²) < 4.78 is 25.5. The number of thioether (sulfide) groups is 1. The second kappa shape index (κ2) is 14.8. The summed E-state index contributed by atoms with van der Waals surface area (Å²) in [6.07, 6.45) is 1.59. The molecule has 0 radical (unpaired) electrons. The maximum absolute atomic E-state index is 13.6. The topological polar surface area (TPSA) is 88.8 Å². The van der Waals surface area contributed by atoms with E-state index < -0.39 is 29.8 Å². The van der Waals surface area contributed by atoms with E-state index in [0.29, 0.717) is 40.4 Å². The maximum atomic E-state index is 13.6. The Hall–Kier alpha value is -2.99. The molecule has 0 aliphatic carbocycles. The van der Waals surface area contributed by atoms with Crippen molar-refractivity contribution < 1.29 is 48.5 Å². The number of aryl methyl sites for hydroxylation is 1. The molecule has 3 aromatic carbocycles. The van der Waals surface area contributed by atoms with Crippen molar-refractivity contribution in [1.82, 2.24) is 5.32 Å². The summed E-state index contributed by atoms with van der Waals surface area (Å²) in [5.41, 5.74) is 4.13. The number of benzene rings is 3. The maximum Gasteiger partial charge on any atom is 1.00 e. The number of nitrogens with one attached hydrogen (secondary N) is 1. The summed E-state index contributed by atoms with van der Waals surface area (Å²) in [5.74, 6) is -0.453. The minimum Gasteiger partial charge on any atom is -1.00 e. The van der Waals surface area contributed by atoms with Gasteiger partial charge < -0.3 is 21.0 Å². The van der Waals surface area contributed by atoms with Crippen molar-refractivity contribution in [2.24, 2.45) is 0 Å². The van der Waals surface area contributed by atoms with Crippen molar-refractivity contribution in [3.63, 3.8) is 0 Å². The molecule has 0 aliphatic heterocycles. The van der Waals surface area contributed by atoms with E-state index in [9.17, 15) is 19.1 Å². The number of carboxylic acid groups (broad SMARTS) is 1. The first kappa shape index (κ1) is 32.5. The number of carbonyl (C=O) groups excluding carboxylic acids is 1. The van der Waals surface area contributed by atoms with Crippen LogP contribution in [-0.2, 0) is 9.53 Å². The van der Waals surface area contributed by atoms with E-state index in [-0.39, 0.29) is 25.3 Å². The van der Waals surface area contributed by atoms with E-state index in [1.807, 2.05) is 43.5 Å². The van der Waals surface area contributed by atoms with Crippen LogP contribution in [0.25, 0.3) is 22.5 Å². The van der Waals surface area contributed by atoms with Crippen molar-refractivity contribution in [3.8, 4) is 22.5 Å². The Labute approximate surface area is 261 Å². The first-order valence-corrected chi connectivity index (χ1v) is 14.3. The number of amides is 1. The van der Waals surface area contributed by atoms with Crippen LogP contribution < -0.4 is 24.2 Å². The number of methoxy groups -OCH3 is 1. The van der Waals surface area contributed by atoms with Crippen LogP contribution in [0.5, 0.6) is 0 Å². The van der Waals surface area contributed by atoms with E-state index >= 15 is 0 Å². The SMILES string of the molecule is COC(c1ccc(C(=O)NC(CCSC)C(=O)O)c(-c2ccccc2C)c1)c1ccc(-c2ccc(F)c(Cl)c2)o1.[H-].[Li+]. The van der Waals surface area contributed by atoms with E-state index in [0.717, 1.165) is 16.7 Å². The van der Waals surface area contributed by atoms with Crippen LogP contribution in [0.2, 0.25) is 5.02 Å². The Kier molecular flexibility index (Phi) is 11.7. The van der Waals surface area contributed by atoms with E-state index in [1.165, 1.54) is 23.9 Å². The van der Waals surface area contributed by atoms with Crippen LogP contribution in [0.3, 0.4) is 0 Å². The molecule has 2 atom stereocenters. The van der Waals surface area contributed by atoms with Crippen molar-refractivity contribution in [3.05, 3.63) is 106 Å². The van der Waals surface area contributed by atoms with Gasteiger partial charge in [-0.3, -0.25) is 4.79 Å². The van der Waals surface area contributed by atoms with Crippen molar-refractivity contribution in [2.75, 3.05) is 19.1 Å². The Bertz CT molecular complexity index is 1530. The van der Waals surface area contributed by atoms with Crippen LogP contribution in [-0.4, -0.2) is 42.1 Å².